The van der Waals surface area contributed by atoms with E-state index in [0.717, 1.165) is 0 Å². The number of unbranched alkanes of at least 4 members (excludes halogenated alkanes) is 3. The van der Waals surface area contributed by atoms with E-state index in [4.69, 9.17) is 0 Å². The minimum atomic E-state index is 0.532. The minimum absolute atomic E-state index is 0.532. The van der Waals surface area contributed by atoms with Gasteiger partial charge in [-0.25, -0.2) is 0 Å². The Morgan fingerprint density at radius 1 is 1.12 bits per heavy atom. The molecule has 1 heteroatoms. The van der Waals surface area contributed by atoms with Crippen molar-refractivity contribution in [3.63, 3.8) is 0 Å². The molecule has 1 aromatic carbocycles. The lowest BCUT2D eigenvalue weighted by Gasteiger charge is -2.13. The van der Waals surface area contributed by atoms with Gasteiger partial charge in [-0.1, -0.05) is 72.3 Å². The Balaban J connectivity index is 2.49. The van der Waals surface area contributed by atoms with Gasteiger partial charge in [0.1, 0.15) is 0 Å². The topological polar surface area (TPSA) is 0 Å². The Kier molecular flexibility index (Phi) is 6.12. The van der Waals surface area contributed by atoms with Crippen molar-refractivity contribution in [2.24, 2.45) is 0 Å². The SMILES string of the molecule is CCCCCCC(Br)c1ccc(C)cc1C. The number of alkyl halides is 1. The smallest absolute Gasteiger partial charge is 0.0397 e. The predicted octanol–water partition coefficient (Wildman–Crippen LogP) is 5.71. The fourth-order valence-corrected chi connectivity index (χ4v) is 2.92. The van der Waals surface area contributed by atoms with E-state index in [2.05, 4.69) is 54.9 Å². The standard InChI is InChI=1S/C15H23Br/c1-4-5-6-7-8-15(16)14-10-9-12(2)11-13(14)3/h9-11,15H,4-8H2,1-3H3. The van der Waals surface area contributed by atoms with Crippen LogP contribution in [0.2, 0.25) is 0 Å². The van der Waals surface area contributed by atoms with Gasteiger partial charge in [0.05, 0.1) is 0 Å². The van der Waals surface area contributed by atoms with Crippen LogP contribution in [0.25, 0.3) is 0 Å². The molecule has 0 radical (unpaired) electrons. The molecule has 0 saturated carbocycles. The summed E-state index contributed by atoms with van der Waals surface area (Å²) in [4.78, 5) is 0.532. The Labute approximate surface area is 109 Å². The molecule has 0 heterocycles. The third-order valence-electron chi connectivity index (χ3n) is 3.07. The average molecular weight is 283 g/mol. The number of rotatable bonds is 6. The van der Waals surface area contributed by atoms with E-state index >= 15 is 0 Å². The molecule has 1 atom stereocenters. The molecule has 0 spiro atoms. The first kappa shape index (κ1) is 13.8. The molecule has 1 unspecified atom stereocenters. The zero-order valence-corrected chi connectivity index (χ0v) is 12.3. The van der Waals surface area contributed by atoms with E-state index < -0.39 is 0 Å². The Bertz CT molecular complexity index is 317. The van der Waals surface area contributed by atoms with Crippen LogP contribution in [-0.2, 0) is 0 Å². The van der Waals surface area contributed by atoms with Crippen molar-refractivity contribution < 1.29 is 0 Å². The highest BCUT2D eigenvalue weighted by atomic mass is 79.9. The minimum Gasteiger partial charge on any atom is -0.0839 e. The molecule has 0 aliphatic heterocycles. The van der Waals surface area contributed by atoms with E-state index in [1.54, 1.807) is 0 Å². The first-order chi connectivity index (χ1) is 7.65. The summed E-state index contributed by atoms with van der Waals surface area (Å²) < 4.78 is 0. The molecule has 0 aromatic heterocycles. The molecule has 1 rings (SSSR count). The summed E-state index contributed by atoms with van der Waals surface area (Å²) in [6, 6.07) is 6.75. The second kappa shape index (κ2) is 7.11. The van der Waals surface area contributed by atoms with Crippen molar-refractivity contribution in [3.8, 4) is 0 Å². The molecule has 90 valence electrons. The lowest BCUT2D eigenvalue weighted by Crippen LogP contribution is -1.94. The van der Waals surface area contributed by atoms with E-state index in [1.807, 2.05) is 0 Å². The lowest BCUT2D eigenvalue weighted by atomic mass is 9.99. The fourth-order valence-electron chi connectivity index (χ4n) is 2.08. The molecule has 0 fully saturated rings. The highest BCUT2D eigenvalue weighted by Crippen LogP contribution is 2.31. The van der Waals surface area contributed by atoms with Crippen molar-refractivity contribution in [2.75, 3.05) is 0 Å². The Morgan fingerprint density at radius 3 is 2.50 bits per heavy atom. The molecule has 0 saturated heterocycles. The maximum Gasteiger partial charge on any atom is 0.0397 e. The number of halogens is 1. The zero-order valence-electron chi connectivity index (χ0n) is 10.7. The van der Waals surface area contributed by atoms with Crippen molar-refractivity contribution in [1.82, 2.24) is 0 Å². The molecule has 16 heavy (non-hydrogen) atoms. The van der Waals surface area contributed by atoms with E-state index in [0.29, 0.717) is 4.83 Å². The summed E-state index contributed by atoms with van der Waals surface area (Å²) >= 11 is 3.81. The molecule has 0 N–H and O–H groups in total. The van der Waals surface area contributed by atoms with Gasteiger partial charge in [-0.15, -0.1) is 0 Å². The number of aryl methyl sites for hydroxylation is 2. The van der Waals surface area contributed by atoms with Gasteiger partial charge in [0.15, 0.2) is 0 Å². The lowest BCUT2D eigenvalue weighted by molar-refractivity contribution is 0.629. The molecule has 0 aliphatic rings. The fraction of sp³-hybridized carbons (Fsp3) is 0.600. The first-order valence-electron chi connectivity index (χ1n) is 6.36. The van der Waals surface area contributed by atoms with Gasteiger partial charge >= 0.3 is 0 Å². The van der Waals surface area contributed by atoms with Crippen LogP contribution < -0.4 is 0 Å². The van der Waals surface area contributed by atoms with Crippen LogP contribution in [0.4, 0.5) is 0 Å². The maximum absolute atomic E-state index is 3.81. The highest BCUT2D eigenvalue weighted by Gasteiger charge is 2.09. The maximum atomic E-state index is 3.81. The van der Waals surface area contributed by atoms with Gasteiger partial charge < -0.3 is 0 Å². The van der Waals surface area contributed by atoms with Crippen LogP contribution in [0.1, 0.15) is 60.5 Å². The number of hydrogen-bond acceptors (Lipinski definition) is 0. The third kappa shape index (κ3) is 4.29. The molecule has 0 bridgehead atoms. The summed E-state index contributed by atoms with van der Waals surface area (Å²) in [5, 5.41) is 0. The first-order valence-corrected chi connectivity index (χ1v) is 7.28. The third-order valence-corrected chi connectivity index (χ3v) is 4.02. The van der Waals surface area contributed by atoms with Crippen LogP contribution in [0.15, 0.2) is 18.2 Å². The predicted molar refractivity (Wildman–Crippen MR) is 76.3 cm³/mol. The number of hydrogen-bond donors (Lipinski definition) is 0. The average Bonchev–Trinajstić information content (AvgIpc) is 2.24. The second-order valence-corrected chi connectivity index (χ2v) is 5.78. The summed E-state index contributed by atoms with van der Waals surface area (Å²) in [6.45, 7) is 6.62. The van der Waals surface area contributed by atoms with E-state index in [1.165, 1.54) is 48.8 Å². The van der Waals surface area contributed by atoms with Gasteiger partial charge in [-0.2, -0.15) is 0 Å². The van der Waals surface area contributed by atoms with Gasteiger partial charge in [0, 0.05) is 4.83 Å². The molecule has 1 aromatic rings. The monoisotopic (exact) mass is 282 g/mol. The second-order valence-electron chi connectivity index (χ2n) is 4.68. The molecular formula is C15H23Br. The van der Waals surface area contributed by atoms with Crippen molar-refractivity contribution in [1.29, 1.82) is 0 Å². The van der Waals surface area contributed by atoms with Crippen molar-refractivity contribution >= 4 is 15.9 Å². The van der Waals surface area contributed by atoms with Gasteiger partial charge in [-0.3, -0.25) is 0 Å². The van der Waals surface area contributed by atoms with Crippen molar-refractivity contribution in [2.45, 2.75) is 57.7 Å². The molecule has 0 nitrogen and oxygen atoms in total. The van der Waals surface area contributed by atoms with Crippen LogP contribution in [0, 0.1) is 13.8 Å². The van der Waals surface area contributed by atoms with E-state index in [9.17, 15) is 0 Å². The Morgan fingerprint density at radius 2 is 1.88 bits per heavy atom. The summed E-state index contributed by atoms with van der Waals surface area (Å²) in [7, 11) is 0. The summed E-state index contributed by atoms with van der Waals surface area (Å²) in [6.07, 6.45) is 6.63. The van der Waals surface area contributed by atoms with Crippen LogP contribution in [-0.4, -0.2) is 0 Å². The molecular weight excluding hydrogens is 260 g/mol. The van der Waals surface area contributed by atoms with Gasteiger partial charge in [0.25, 0.3) is 0 Å². The highest BCUT2D eigenvalue weighted by molar-refractivity contribution is 9.09. The quantitative estimate of drug-likeness (QED) is 0.463. The van der Waals surface area contributed by atoms with Crippen LogP contribution in [0.5, 0.6) is 0 Å². The normalized spacial score (nSPS) is 12.8. The van der Waals surface area contributed by atoms with Crippen LogP contribution >= 0.6 is 15.9 Å². The van der Waals surface area contributed by atoms with Gasteiger partial charge in [-0.05, 0) is 31.4 Å². The van der Waals surface area contributed by atoms with Crippen LogP contribution in [0.3, 0.4) is 0 Å². The van der Waals surface area contributed by atoms with E-state index in [-0.39, 0.29) is 0 Å². The number of benzene rings is 1. The molecule has 0 amide bonds. The summed E-state index contributed by atoms with van der Waals surface area (Å²) in [5.41, 5.74) is 4.23. The van der Waals surface area contributed by atoms with Crippen molar-refractivity contribution in [3.05, 3.63) is 34.9 Å². The van der Waals surface area contributed by atoms with Gasteiger partial charge in [0.2, 0.25) is 0 Å². The summed E-state index contributed by atoms with van der Waals surface area (Å²) in [5.74, 6) is 0. The zero-order chi connectivity index (χ0) is 12.0. The Hall–Kier alpha value is -0.300. The molecule has 0 aliphatic carbocycles. The largest absolute Gasteiger partial charge is 0.0839 e.